The Bertz CT molecular complexity index is 291. The van der Waals surface area contributed by atoms with Crippen LogP contribution in [-0.2, 0) is 4.79 Å². The molecule has 0 fully saturated rings. The number of aliphatic imine (C=N–C) groups is 1. The van der Waals surface area contributed by atoms with E-state index in [1.165, 1.54) is 12.8 Å². The van der Waals surface area contributed by atoms with Crippen LogP contribution in [0.5, 0.6) is 0 Å². The lowest BCUT2D eigenvalue weighted by molar-refractivity contribution is -0.127. The Morgan fingerprint density at radius 1 is 1.10 bits per heavy atom. The standard InChI is InChI=1S/C14H31N5O/c1-6-8-10-19(5)11-9-16-14(15-7-2)17-12-13(20)18(3)4/h6-12H2,1-5H3,(H2,15,16,17). The number of rotatable bonds is 9. The quantitative estimate of drug-likeness (QED) is 0.474. The van der Waals surface area contributed by atoms with Gasteiger partial charge < -0.3 is 20.4 Å². The zero-order valence-corrected chi connectivity index (χ0v) is 13.7. The number of amides is 1. The van der Waals surface area contributed by atoms with Crippen LogP contribution in [-0.4, -0.2) is 75.5 Å². The van der Waals surface area contributed by atoms with Crippen molar-refractivity contribution >= 4 is 11.9 Å². The highest BCUT2D eigenvalue weighted by Crippen LogP contribution is 1.90. The molecule has 0 aromatic carbocycles. The van der Waals surface area contributed by atoms with E-state index >= 15 is 0 Å². The van der Waals surface area contributed by atoms with Crippen molar-refractivity contribution in [1.29, 1.82) is 0 Å². The van der Waals surface area contributed by atoms with Crippen molar-refractivity contribution < 1.29 is 4.79 Å². The Morgan fingerprint density at radius 3 is 2.35 bits per heavy atom. The minimum atomic E-state index is 0.00210. The molecule has 2 N–H and O–H groups in total. The average molecular weight is 285 g/mol. The van der Waals surface area contributed by atoms with E-state index in [1.807, 2.05) is 6.92 Å². The fourth-order valence-corrected chi connectivity index (χ4v) is 1.53. The maximum atomic E-state index is 11.5. The maximum Gasteiger partial charge on any atom is 0.243 e. The van der Waals surface area contributed by atoms with Crippen molar-refractivity contribution in [2.24, 2.45) is 4.99 Å². The van der Waals surface area contributed by atoms with Crippen LogP contribution in [0.25, 0.3) is 0 Å². The van der Waals surface area contributed by atoms with Crippen LogP contribution < -0.4 is 10.6 Å². The SMILES string of the molecule is CCCCN(C)CCNC(=NCC(=O)N(C)C)NCC. The highest BCUT2D eigenvalue weighted by Gasteiger charge is 2.04. The van der Waals surface area contributed by atoms with Crippen LogP contribution in [0.1, 0.15) is 26.7 Å². The van der Waals surface area contributed by atoms with Gasteiger partial charge in [-0.25, -0.2) is 4.99 Å². The summed E-state index contributed by atoms with van der Waals surface area (Å²) in [6.07, 6.45) is 2.44. The molecule has 0 aromatic rings. The lowest BCUT2D eigenvalue weighted by Gasteiger charge is -2.18. The summed E-state index contributed by atoms with van der Waals surface area (Å²) in [5.74, 6) is 0.703. The number of hydrogen-bond donors (Lipinski definition) is 2. The first-order chi connectivity index (χ1) is 9.51. The van der Waals surface area contributed by atoms with Crippen molar-refractivity contribution in [3.63, 3.8) is 0 Å². The third-order valence-electron chi connectivity index (χ3n) is 2.89. The van der Waals surface area contributed by atoms with Gasteiger partial charge in [0.1, 0.15) is 6.54 Å². The summed E-state index contributed by atoms with van der Waals surface area (Å²) in [4.78, 5) is 19.6. The molecule has 0 rings (SSSR count). The monoisotopic (exact) mass is 285 g/mol. The molecule has 1 amide bonds. The van der Waals surface area contributed by atoms with E-state index in [9.17, 15) is 4.79 Å². The lowest BCUT2D eigenvalue weighted by Crippen LogP contribution is -2.41. The second kappa shape index (κ2) is 11.5. The molecule has 0 aliphatic heterocycles. The van der Waals surface area contributed by atoms with Crippen LogP contribution >= 0.6 is 0 Å². The van der Waals surface area contributed by atoms with Crippen LogP contribution in [0, 0.1) is 0 Å². The summed E-state index contributed by atoms with van der Waals surface area (Å²) < 4.78 is 0. The summed E-state index contributed by atoms with van der Waals surface area (Å²) in [6, 6.07) is 0. The molecule has 6 nitrogen and oxygen atoms in total. The zero-order valence-electron chi connectivity index (χ0n) is 13.7. The van der Waals surface area contributed by atoms with E-state index in [1.54, 1.807) is 19.0 Å². The van der Waals surface area contributed by atoms with Crippen molar-refractivity contribution in [3.8, 4) is 0 Å². The molecule has 0 heterocycles. The molecule has 6 heteroatoms. The van der Waals surface area contributed by atoms with Gasteiger partial charge in [-0.3, -0.25) is 4.79 Å². The number of likely N-dealkylation sites (N-methyl/N-ethyl adjacent to an activating group) is 2. The van der Waals surface area contributed by atoms with Gasteiger partial charge in [-0.05, 0) is 26.9 Å². The summed E-state index contributed by atoms with van der Waals surface area (Å²) in [5, 5.41) is 6.39. The second-order valence-corrected chi connectivity index (χ2v) is 5.07. The van der Waals surface area contributed by atoms with E-state index in [-0.39, 0.29) is 12.5 Å². The predicted molar refractivity (Wildman–Crippen MR) is 85.1 cm³/mol. The van der Waals surface area contributed by atoms with Crippen molar-refractivity contribution in [3.05, 3.63) is 0 Å². The highest BCUT2D eigenvalue weighted by atomic mass is 16.2. The zero-order chi connectivity index (χ0) is 15.4. The number of guanidine groups is 1. The number of carbonyl (C=O) groups is 1. The molecular weight excluding hydrogens is 254 g/mol. The molecule has 0 unspecified atom stereocenters. The van der Waals surface area contributed by atoms with Gasteiger partial charge in [0.05, 0.1) is 0 Å². The highest BCUT2D eigenvalue weighted by molar-refractivity contribution is 5.84. The fraction of sp³-hybridized carbons (Fsp3) is 0.857. The molecule has 0 spiro atoms. The predicted octanol–water partition coefficient (Wildman–Crippen LogP) is 0.362. The van der Waals surface area contributed by atoms with Gasteiger partial charge in [0.15, 0.2) is 5.96 Å². The third-order valence-corrected chi connectivity index (χ3v) is 2.89. The van der Waals surface area contributed by atoms with Crippen LogP contribution in [0.3, 0.4) is 0 Å². The Labute approximate surface area is 123 Å². The molecular formula is C14H31N5O. The number of hydrogen-bond acceptors (Lipinski definition) is 3. The van der Waals surface area contributed by atoms with Crippen molar-refractivity contribution in [1.82, 2.24) is 20.4 Å². The Kier molecular flexibility index (Phi) is 10.8. The first-order valence-corrected chi connectivity index (χ1v) is 7.42. The molecule has 0 bridgehead atoms. The topological polar surface area (TPSA) is 60.0 Å². The molecule has 0 saturated carbocycles. The summed E-state index contributed by atoms with van der Waals surface area (Å²) in [7, 11) is 5.60. The number of nitrogens with zero attached hydrogens (tertiary/aromatic N) is 3. The fourth-order valence-electron chi connectivity index (χ4n) is 1.53. The number of unbranched alkanes of at least 4 members (excludes halogenated alkanes) is 1. The van der Waals surface area contributed by atoms with Gasteiger partial charge in [-0.1, -0.05) is 13.3 Å². The summed E-state index contributed by atoms with van der Waals surface area (Å²) >= 11 is 0. The largest absolute Gasteiger partial charge is 0.357 e. The van der Waals surface area contributed by atoms with E-state index in [0.29, 0.717) is 5.96 Å². The van der Waals surface area contributed by atoms with Gasteiger partial charge >= 0.3 is 0 Å². The molecule has 0 aliphatic carbocycles. The van der Waals surface area contributed by atoms with Gasteiger partial charge in [0, 0.05) is 33.7 Å². The minimum Gasteiger partial charge on any atom is -0.357 e. The Balaban J connectivity index is 4.07. The van der Waals surface area contributed by atoms with Gasteiger partial charge in [-0.15, -0.1) is 0 Å². The van der Waals surface area contributed by atoms with Gasteiger partial charge in [0.25, 0.3) is 0 Å². The maximum absolute atomic E-state index is 11.5. The first-order valence-electron chi connectivity index (χ1n) is 7.42. The summed E-state index contributed by atoms with van der Waals surface area (Å²) in [5.41, 5.74) is 0. The first kappa shape index (κ1) is 18.7. The van der Waals surface area contributed by atoms with Crippen LogP contribution in [0.15, 0.2) is 4.99 Å². The molecule has 0 atom stereocenters. The Morgan fingerprint density at radius 2 is 1.80 bits per heavy atom. The van der Waals surface area contributed by atoms with Crippen molar-refractivity contribution in [2.75, 3.05) is 53.9 Å². The average Bonchev–Trinajstić information content (AvgIpc) is 2.41. The molecule has 0 aliphatic rings. The lowest BCUT2D eigenvalue weighted by atomic mass is 10.3. The Hall–Kier alpha value is -1.30. The van der Waals surface area contributed by atoms with Gasteiger partial charge in [-0.2, -0.15) is 0 Å². The minimum absolute atomic E-state index is 0.00210. The van der Waals surface area contributed by atoms with E-state index in [4.69, 9.17) is 0 Å². The molecule has 0 radical (unpaired) electrons. The molecule has 118 valence electrons. The molecule has 0 aromatic heterocycles. The van der Waals surface area contributed by atoms with Crippen LogP contribution in [0.4, 0.5) is 0 Å². The van der Waals surface area contributed by atoms with E-state index in [2.05, 4.69) is 34.5 Å². The number of carbonyl (C=O) groups excluding carboxylic acids is 1. The molecule has 20 heavy (non-hydrogen) atoms. The second-order valence-electron chi connectivity index (χ2n) is 5.07. The number of nitrogens with one attached hydrogen (secondary N) is 2. The smallest absolute Gasteiger partial charge is 0.243 e. The van der Waals surface area contributed by atoms with E-state index < -0.39 is 0 Å². The van der Waals surface area contributed by atoms with Gasteiger partial charge in [0.2, 0.25) is 5.91 Å². The summed E-state index contributed by atoms with van der Waals surface area (Å²) in [6.45, 7) is 8.07. The van der Waals surface area contributed by atoms with Crippen molar-refractivity contribution in [2.45, 2.75) is 26.7 Å². The normalized spacial score (nSPS) is 11.6. The third kappa shape index (κ3) is 9.61. The van der Waals surface area contributed by atoms with E-state index in [0.717, 1.165) is 26.2 Å². The molecule has 0 saturated heterocycles. The van der Waals surface area contributed by atoms with Crippen LogP contribution in [0.2, 0.25) is 0 Å².